The van der Waals surface area contributed by atoms with E-state index in [1.807, 2.05) is 0 Å². The van der Waals surface area contributed by atoms with Gasteiger partial charge < -0.3 is 15.0 Å². The molecule has 1 amide bonds. The highest BCUT2D eigenvalue weighted by molar-refractivity contribution is 7.90. The number of sulfone groups is 1. The molecule has 1 fully saturated rings. The Kier molecular flexibility index (Phi) is 5.85. The smallest absolute Gasteiger partial charge is 0.244 e. The molecule has 8 heteroatoms. The first-order chi connectivity index (χ1) is 14.8. The number of hydrogen-bond donors (Lipinski definition) is 1. The zero-order valence-corrected chi connectivity index (χ0v) is 18.3. The van der Waals surface area contributed by atoms with Crippen molar-refractivity contribution in [2.24, 2.45) is 5.92 Å². The molecule has 2 unspecified atom stereocenters. The Morgan fingerprint density at radius 1 is 1.19 bits per heavy atom. The monoisotopic (exact) mass is 444 g/mol. The molecule has 0 bridgehead atoms. The lowest BCUT2D eigenvalue weighted by atomic mass is 9.84. The number of nitrogens with zero attached hydrogens (tertiary/aromatic N) is 1. The molecule has 2 aliphatic rings. The summed E-state index contributed by atoms with van der Waals surface area (Å²) < 4.78 is 44.6. The van der Waals surface area contributed by atoms with E-state index in [-0.39, 0.29) is 35.1 Å². The van der Waals surface area contributed by atoms with Gasteiger partial charge in [0.2, 0.25) is 5.91 Å². The van der Waals surface area contributed by atoms with Crippen LogP contribution in [0.15, 0.2) is 48.7 Å². The minimum Gasteiger partial charge on any atom is -0.454 e. The van der Waals surface area contributed by atoms with E-state index >= 15 is 0 Å². The van der Waals surface area contributed by atoms with E-state index in [0.717, 1.165) is 12.0 Å². The van der Waals surface area contributed by atoms with Crippen LogP contribution in [0.4, 0.5) is 4.39 Å². The summed E-state index contributed by atoms with van der Waals surface area (Å²) in [6.07, 6.45) is 2.55. The van der Waals surface area contributed by atoms with E-state index < -0.39 is 15.7 Å². The Balaban J connectivity index is 1.81. The number of benzene rings is 2. The van der Waals surface area contributed by atoms with Gasteiger partial charge in [0.15, 0.2) is 21.4 Å². The van der Waals surface area contributed by atoms with Gasteiger partial charge in [-0.15, -0.1) is 0 Å². The molecule has 1 N–H and O–H groups in total. The Morgan fingerprint density at radius 2 is 1.97 bits per heavy atom. The molecular formula is C23H25FN2O4S. The first kappa shape index (κ1) is 21.5. The summed E-state index contributed by atoms with van der Waals surface area (Å²) in [6, 6.07) is 10.9. The number of likely N-dealkylation sites (N-methyl/N-ethyl adjacent to an activating group) is 1. The van der Waals surface area contributed by atoms with Gasteiger partial charge in [0, 0.05) is 30.5 Å². The van der Waals surface area contributed by atoms with E-state index in [4.69, 9.17) is 4.74 Å². The largest absolute Gasteiger partial charge is 0.454 e. The highest BCUT2D eigenvalue weighted by Crippen LogP contribution is 2.41. The molecular weight excluding hydrogens is 419 g/mol. The number of para-hydroxylation sites is 1. The molecule has 0 saturated carbocycles. The minimum atomic E-state index is -3.23. The average Bonchev–Trinajstić information content (AvgIpc) is 3.23. The Labute approximate surface area is 181 Å². The molecule has 164 valence electrons. The third-order valence-electron chi connectivity index (χ3n) is 5.81. The standard InChI is InChI=1S/C23H25FN2O4S/c1-3-31(28,29)14-15-8-9-20(30-21-7-5-4-6-19(21)24)17(12-15)18-13-26(2)23(27)22-16(18)10-11-25-22/h4-9,12-13,16,22,25H,3,10-11,14H2,1-2H3. The molecule has 2 aliphatic heterocycles. The van der Waals surface area contributed by atoms with Crippen LogP contribution in [0.1, 0.15) is 24.5 Å². The molecule has 2 heterocycles. The zero-order chi connectivity index (χ0) is 22.2. The predicted molar refractivity (Wildman–Crippen MR) is 117 cm³/mol. The van der Waals surface area contributed by atoms with Gasteiger partial charge in [0.1, 0.15) is 5.75 Å². The first-order valence-corrected chi connectivity index (χ1v) is 12.1. The molecule has 0 aromatic heterocycles. The van der Waals surface area contributed by atoms with Crippen molar-refractivity contribution in [2.45, 2.75) is 25.1 Å². The number of ether oxygens (including phenoxy) is 1. The van der Waals surface area contributed by atoms with Crippen LogP contribution < -0.4 is 10.1 Å². The van der Waals surface area contributed by atoms with Crippen LogP contribution in [0.2, 0.25) is 0 Å². The summed E-state index contributed by atoms with van der Waals surface area (Å²) >= 11 is 0. The van der Waals surface area contributed by atoms with Gasteiger partial charge in [0.25, 0.3) is 0 Å². The number of carbonyl (C=O) groups excluding carboxylic acids is 1. The van der Waals surface area contributed by atoms with Gasteiger partial charge in [-0.3, -0.25) is 4.79 Å². The van der Waals surface area contributed by atoms with E-state index in [0.29, 0.717) is 23.4 Å². The molecule has 0 spiro atoms. The van der Waals surface area contributed by atoms with E-state index in [2.05, 4.69) is 5.32 Å². The van der Waals surface area contributed by atoms with Crippen LogP contribution in [0, 0.1) is 11.7 Å². The van der Waals surface area contributed by atoms with Crippen molar-refractivity contribution < 1.29 is 22.3 Å². The van der Waals surface area contributed by atoms with Crippen LogP contribution >= 0.6 is 0 Å². The second-order valence-electron chi connectivity index (χ2n) is 7.90. The Hall–Kier alpha value is -2.71. The van der Waals surface area contributed by atoms with Crippen molar-refractivity contribution >= 4 is 21.3 Å². The highest BCUT2D eigenvalue weighted by atomic mass is 32.2. The number of carbonyl (C=O) groups is 1. The Bertz CT molecular complexity index is 1150. The quantitative estimate of drug-likeness (QED) is 0.740. The number of rotatable bonds is 6. The highest BCUT2D eigenvalue weighted by Gasteiger charge is 2.41. The summed E-state index contributed by atoms with van der Waals surface area (Å²) in [5.41, 5.74) is 2.17. The third-order valence-corrected chi connectivity index (χ3v) is 7.46. The van der Waals surface area contributed by atoms with Crippen molar-refractivity contribution in [3.8, 4) is 11.5 Å². The fourth-order valence-corrected chi connectivity index (χ4v) is 5.03. The van der Waals surface area contributed by atoms with Crippen molar-refractivity contribution in [3.05, 3.63) is 65.6 Å². The number of fused-ring (bicyclic) bond motifs is 1. The maximum absolute atomic E-state index is 14.2. The summed E-state index contributed by atoms with van der Waals surface area (Å²) in [4.78, 5) is 14.1. The van der Waals surface area contributed by atoms with Gasteiger partial charge in [-0.1, -0.05) is 25.1 Å². The molecule has 2 aromatic carbocycles. The van der Waals surface area contributed by atoms with Crippen LogP contribution in [-0.2, 0) is 20.4 Å². The molecule has 1 saturated heterocycles. The zero-order valence-electron chi connectivity index (χ0n) is 17.5. The molecule has 2 aromatic rings. The minimum absolute atomic E-state index is 0.00691. The number of hydrogen-bond acceptors (Lipinski definition) is 5. The third kappa shape index (κ3) is 4.36. The second-order valence-corrected chi connectivity index (χ2v) is 10.3. The van der Waals surface area contributed by atoms with Crippen molar-refractivity contribution in [3.63, 3.8) is 0 Å². The fourth-order valence-electron chi connectivity index (χ4n) is 4.14. The van der Waals surface area contributed by atoms with Gasteiger partial charge in [0.05, 0.1) is 11.8 Å². The fraction of sp³-hybridized carbons (Fsp3) is 0.348. The van der Waals surface area contributed by atoms with Crippen LogP contribution in [0.3, 0.4) is 0 Å². The van der Waals surface area contributed by atoms with Crippen molar-refractivity contribution in [2.75, 3.05) is 19.3 Å². The lowest BCUT2D eigenvalue weighted by Gasteiger charge is -2.32. The van der Waals surface area contributed by atoms with Gasteiger partial charge in [-0.25, -0.2) is 12.8 Å². The summed E-state index contributed by atoms with van der Waals surface area (Å²) in [6.45, 7) is 2.32. The normalized spacial score (nSPS) is 21.1. The van der Waals surface area contributed by atoms with E-state index in [1.165, 1.54) is 11.0 Å². The molecule has 0 radical (unpaired) electrons. The molecule has 4 rings (SSSR count). The van der Waals surface area contributed by atoms with Crippen LogP contribution in [0.25, 0.3) is 5.57 Å². The molecule has 0 aliphatic carbocycles. The predicted octanol–water partition coefficient (Wildman–Crippen LogP) is 3.34. The summed E-state index contributed by atoms with van der Waals surface area (Å²) in [5.74, 6) is -0.106. The first-order valence-electron chi connectivity index (χ1n) is 10.3. The molecule has 6 nitrogen and oxygen atoms in total. The molecule has 31 heavy (non-hydrogen) atoms. The van der Waals surface area contributed by atoms with Crippen molar-refractivity contribution in [1.29, 1.82) is 0 Å². The van der Waals surface area contributed by atoms with Gasteiger partial charge in [-0.05, 0) is 48.4 Å². The molecule has 2 atom stereocenters. The maximum atomic E-state index is 14.2. The van der Waals surface area contributed by atoms with Crippen LogP contribution in [-0.4, -0.2) is 44.6 Å². The number of halogens is 1. The number of amides is 1. The SMILES string of the molecule is CCS(=O)(=O)Cc1ccc(Oc2ccccc2F)c(C2=CN(C)C(=O)C3NCCC23)c1. The second kappa shape index (κ2) is 8.43. The lowest BCUT2D eigenvalue weighted by molar-refractivity contribution is -0.130. The van der Waals surface area contributed by atoms with Crippen LogP contribution in [0.5, 0.6) is 11.5 Å². The average molecular weight is 445 g/mol. The van der Waals surface area contributed by atoms with Gasteiger partial charge >= 0.3 is 0 Å². The van der Waals surface area contributed by atoms with E-state index in [1.54, 1.807) is 56.6 Å². The van der Waals surface area contributed by atoms with E-state index in [9.17, 15) is 17.6 Å². The summed E-state index contributed by atoms with van der Waals surface area (Å²) in [7, 11) is -1.54. The lowest BCUT2D eigenvalue weighted by Crippen LogP contribution is -2.46. The number of nitrogens with one attached hydrogen (secondary N) is 1. The maximum Gasteiger partial charge on any atom is 0.244 e. The van der Waals surface area contributed by atoms with Crippen molar-refractivity contribution in [1.82, 2.24) is 10.2 Å². The van der Waals surface area contributed by atoms with Gasteiger partial charge in [-0.2, -0.15) is 0 Å². The summed E-state index contributed by atoms with van der Waals surface area (Å²) in [5, 5.41) is 3.25. The Morgan fingerprint density at radius 3 is 2.71 bits per heavy atom. The topological polar surface area (TPSA) is 75.7 Å².